The Morgan fingerprint density at radius 1 is 0.875 bits per heavy atom. The van der Waals surface area contributed by atoms with E-state index in [9.17, 15) is 9.59 Å². The van der Waals surface area contributed by atoms with Crippen LogP contribution in [0.3, 0.4) is 0 Å². The molecule has 3 aromatic carbocycles. The van der Waals surface area contributed by atoms with Crippen LogP contribution < -0.4 is 4.90 Å². The van der Waals surface area contributed by atoms with Crippen LogP contribution in [0.2, 0.25) is 0 Å². The second-order valence-electron chi connectivity index (χ2n) is 11.0. The van der Waals surface area contributed by atoms with Crippen molar-refractivity contribution in [1.82, 2.24) is 9.88 Å². The van der Waals surface area contributed by atoms with E-state index in [0.29, 0.717) is 24.6 Å². The number of nitrogens with zero attached hydrogens (tertiary/aromatic N) is 3. The predicted molar refractivity (Wildman–Crippen MR) is 158 cm³/mol. The number of anilines is 2. The summed E-state index contributed by atoms with van der Waals surface area (Å²) in [6.07, 6.45) is 1.90. The number of ether oxygens (including phenoxy) is 1. The van der Waals surface area contributed by atoms with Gasteiger partial charge >= 0.3 is 5.97 Å². The van der Waals surface area contributed by atoms with Gasteiger partial charge in [-0.1, -0.05) is 61.5 Å². The Morgan fingerprint density at radius 3 is 2.15 bits per heavy atom. The first-order chi connectivity index (χ1) is 19.5. The van der Waals surface area contributed by atoms with Crippen molar-refractivity contribution in [2.75, 3.05) is 11.4 Å². The number of hydrogen-bond donors (Lipinski definition) is 0. The van der Waals surface area contributed by atoms with Crippen LogP contribution in [0.15, 0.2) is 72.8 Å². The molecule has 0 spiro atoms. The van der Waals surface area contributed by atoms with Crippen molar-refractivity contribution >= 4 is 34.2 Å². The van der Waals surface area contributed by atoms with Gasteiger partial charge in [-0.25, -0.2) is 4.79 Å². The molecule has 0 bridgehead atoms. The quantitative estimate of drug-likeness (QED) is 0.278. The Labute approximate surface area is 235 Å². The van der Waals surface area contributed by atoms with Crippen LogP contribution in [0.25, 0.3) is 10.9 Å². The van der Waals surface area contributed by atoms with Crippen molar-refractivity contribution in [1.29, 1.82) is 0 Å². The summed E-state index contributed by atoms with van der Waals surface area (Å²) in [5.41, 5.74) is 7.09. The van der Waals surface area contributed by atoms with Crippen molar-refractivity contribution in [3.05, 3.63) is 101 Å². The zero-order valence-electron chi connectivity index (χ0n) is 23.4. The molecule has 1 aromatic heterocycles. The fourth-order valence-electron chi connectivity index (χ4n) is 6.04. The van der Waals surface area contributed by atoms with E-state index in [1.165, 1.54) is 0 Å². The minimum absolute atomic E-state index is 0.228. The number of rotatable bonds is 5. The highest BCUT2D eigenvalue weighted by molar-refractivity contribution is 6.08. The lowest BCUT2D eigenvalue weighted by atomic mass is 9.95. The second-order valence-corrected chi connectivity index (χ2v) is 11.0. The SMILES string of the molecule is CCC(OC(=O)c1c2c(nc3ccccc13)CCN(C(C)C)C2)C(=O)N1c2ccccc2CCc2ccccc21. The van der Waals surface area contributed by atoms with Crippen LogP contribution in [0.4, 0.5) is 11.4 Å². The van der Waals surface area contributed by atoms with Gasteiger partial charge in [0, 0.05) is 42.2 Å². The van der Waals surface area contributed by atoms with Crippen LogP contribution in [0.5, 0.6) is 0 Å². The number of fused-ring (bicyclic) bond motifs is 4. The average Bonchev–Trinajstić information content (AvgIpc) is 3.14. The molecular weight excluding hydrogens is 498 g/mol. The van der Waals surface area contributed by atoms with E-state index in [4.69, 9.17) is 9.72 Å². The topological polar surface area (TPSA) is 62.7 Å². The summed E-state index contributed by atoms with van der Waals surface area (Å²) >= 11 is 0. The predicted octanol–water partition coefficient (Wildman–Crippen LogP) is 6.40. The number of amides is 1. The van der Waals surface area contributed by atoms with Crippen molar-refractivity contribution < 1.29 is 14.3 Å². The standard InChI is InChI=1S/C34H35N3O3/c1-4-31(33(38)37-29-15-9-5-11-23(29)17-18-24-12-6-10-16-30(24)37)40-34(39)32-25-13-7-8-14-27(25)35-28-19-20-36(22(2)3)21-26(28)32/h5-16,22,31H,4,17-21H2,1-3H3. The zero-order chi connectivity index (χ0) is 27.8. The molecule has 0 saturated carbocycles. The number of esters is 1. The van der Waals surface area contributed by atoms with E-state index in [2.05, 4.69) is 30.9 Å². The fraction of sp³-hybridized carbons (Fsp3) is 0.324. The fourth-order valence-corrected chi connectivity index (χ4v) is 6.04. The molecule has 6 heteroatoms. The van der Waals surface area contributed by atoms with Crippen molar-refractivity contribution in [2.45, 2.75) is 65.1 Å². The molecule has 0 saturated heterocycles. The number of hydrogen-bond acceptors (Lipinski definition) is 5. The Kier molecular flexibility index (Phi) is 7.11. The number of benzene rings is 3. The van der Waals surface area contributed by atoms with Gasteiger partial charge in [-0.05, 0) is 62.4 Å². The highest BCUT2D eigenvalue weighted by Crippen LogP contribution is 2.37. The smallest absolute Gasteiger partial charge is 0.340 e. The van der Waals surface area contributed by atoms with E-state index in [-0.39, 0.29) is 5.91 Å². The number of carbonyl (C=O) groups excluding carboxylic acids is 2. The number of aromatic nitrogens is 1. The molecule has 6 nitrogen and oxygen atoms in total. The molecule has 1 unspecified atom stereocenters. The molecule has 40 heavy (non-hydrogen) atoms. The van der Waals surface area contributed by atoms with Crippen molar-refractivity contribution in [3.63, 3.8) is 0 Å². The van der Waals surface area contributed by atoms with Crippen LogP contribution in [-0.4, -0.2) is 40.5 Å². The minimum Gasteiger partial charge on any atom is -0.449 e. The highest BCUT2D eigenvalue weighted by Gasteiger charge is 2.34. The number of para-hydroxylation sites is 3. The number of pyridine rings is 1. The van der Waals surface area contributed by atoms with Gasteiger partial charge in [-0.2, -0.15) is 0 Å². The molecule has 204 valence electrons. The first-order valence-electron chi connectivity index (χ1n) is 14.3. The lowest BCUT2D eigenvalue weighted by Crippen LogP contribution is -2.40. The van der Waals surface area contributed by atoms with Crippen molar-refractivity contribution in [2.24, 2.45) is 0 Å². The molecule has 0 N–H and O–H groups in total. The minimum atomic E-state index is -0.931. The zero-order valence-corrected chi connectivity index (χ0v) is 23.4. The summed E-state index contributed by atoms with van der Waals surface area (Å²) < 4.78 is 6.17. The third-order valence-electron chi connectivity index (χ3n) is 8.25. The van der Waals surface area contributed by atoms with E-state index in [1.54, 1.807) is 4.90 Å². The van der Waals surface area contributed by atoms with Crippen LogP contribution >= 0.6 is 0 Å². The summed E-state index contributed by atoms with van der Waals surface area (Å²) in [6, 6.07) is 24.1. The van der Waals surface area contributed by atoms with Gasteiger partial charge in [0.05, 0.1) is 22.5 Å². The summed E-state index contributed by atoms with van der Waals surface area (Å²) in [6.45, 7) is 7.76. The second kappa shape index (κ2) is 10.9. The summed E-state index contributed by atoms with van der Waals surface area (Å²) in [7, 11) is 0. The maximum Gasteiger partial charge on any atom is 0.340 e. The summed E-state index contributed by atoms with van der Waals surface area (Å²) in [5, 5.41) is 0.768. The maximum absolute atomic E-state index is 14.3. The molecule has 0 radical (unpaired) electrons. The first-order valence-corrected chi connectivity index (χ1v) is 14.3. The van der Waals surface area contributed by atoms with E-state index in [0.717, 1.165) is 70.5 Å². The van der Waals surface area contributed by atoms with Gasteiger partial charge in [0.2, 0.25) is 0 Å². The molecule has 1 atom stereocenters. The van der Waals surface area contributed by atoms with Crippen LogP contribution in [0.1, 0.15) is 59.9 Å². The highest BCUT2D eigenvalue weighted by atomic mass is 16.5. The van der Waals surface area contributed by atoms with Gasteiger partial charge in [-0.15, -0.1) is 0 Å². The van der Waals surface area contributed by atoms with Gasteiger partial charge < -0.3 is 4.74 Å². The normalized spacial score (nSPS) is 15.7. The molecule has 1 amide bonds. The molecule has 2 aliphatic heterocycles. The molecule has 0 aliphatic carbocycles. The summed E-state index contributed by atoms with van der Waals surface area (Å²) in [4.78, 5) is 37.4. The van der Waals surface area contributed by atoms with Gasteiger partial charge in [0.1, 0.15) is 0 Å². The third kappa shape index (κ3) is 4.66. The lowest BCUT2D eigenvalue weighted by Gasteiger charge is -2.33. The Morgan fingerprint density at radius 2 is 1.50 bits per heavy atom. The van der Waals surface area contributed by atoms with Gasteiger partial charge in [-0.3, -0.25) is 19.6 Å². The first kappa shape index (κ1) is 26.2. The van der Waals surface area contributed by atoms with E-state index >= 15 is 0 Å². The summed E-state index contributed by atoms with van der Waals surface area (Å²) in [5.74, 6) is -0.689. The van der Waals surface area contributed by atoms with Gasteiger partial charge in [0.15, 0.2) is 6.10 Å². The van der Waals surface area contributed by atoms with E-state index in [1.807, 2.05) is 67.6 Å². The molecular formula is C34H35N3O3. The largest absolute Gasteiger partial charge is 0.449 e. The van der Waals surface area contributed by atoms with E-state index < -0.39 is 12.1 Å². The Bertz CT molecular complexity index is 1550. The molecule has 2 aliphatic rings. The number of carbonyl (C=O) groups is 2. The number of aryl methyl sites for hydroxylation is 2. The van der Waals surface area contributed by atoms with Crippen molar-refractivity contribution in [3.8, 4) is 0 Å². The third-order valence-corrected chi connectivity index (χ3v) is 8.25. The Hall–Kier alpha value is -4.03. The van der Waals surface area contributed by atoms with Gasteiger partial charge in [0.25, 0.3) is 5.91 Å². The maximum atomic E-state index is 14.3. The molecule has 3 heterocycles. The monoisotopic (exact) mass is 533 g/mol. The molecule has 4 aromatic rings. The Balaban J connectivity index is 1.39. The molecule has 0 fully saturated rings. The lowest BCUT2D eigenvalue weighted by molar-refractivity contribution is -0.126. The average molecular weight is 534 g/mol. The van der Waals surface area contributed by atoms with Crippen LogP contribution in [0, 0.1) is 0 Å². The van der Waals surface area contributed by atoms with Crippen LogP contribution in [-0.2, 0) is 35.3 Å². The molecule has 6 rings (SSSR count).